The molecule has 1 aromatic rings. The average Bonchev–Trinajstić information content (AvgIpc) is 2.58. The molecule has 0 aromatic heterocycles. The summed E-state index contributed by atoms with van der Waals surface area (Å²) in [7, 11) is 0. The third kappa shape index (κ3) is 3.21. The zero-order chi connectivity index (χ0) is 18.3. The van der Waals surface area contributed by atoms with E-state index in [1.54, 1.807) is 0 Å². The number of piperazine rings is 1. The van der Waals surface area contributed by atoms with Crippen LogP contribution >= 0.6 is 0 Å². The number of piperidine rings is 1. The first-order valence-corrected chi connectivity index (χ1v) is 9.36. The van der Waals surface area contributed by atoms with E-state index in [1.807, 2.05) is 13.0 Å². The minimum Gasteiger partial charge on any atom is -0.366 e. The lowest BCUT2D eigenvalue weighted by Crippen LogP contribution is -2.63. The molecule has 3 heterocycles. The summed E-state index contributed by atoms with van der Waals surface area (Å²) in [6.07, 6.45) is 0.747. The van der Waals surface area contributed by atoms with Crippen LogP contribution in [-0.2, 0) is 9.59 Å². The predicted octanol–water partition coefficient (Wildman–Crippen LogP) is 0.748. The number of anilines is 1. The van der Waals surface area contributed by atoms with Gasteiger partial charge in [0.05, 0.1) is 11.6 Å². The van der Waals surface area contributed by atoms with Gasteiger partial charge < -0.3 is 10.2 Å². The molecule has 0 saturated carbocycles. The molecular weight excluding hydrogens is 335 g/mol. The number of rotatable bonds is 3. The Morgan fingerprint density at radius 3 is 2.58 bits per heavy atom. The van der Waals surface area contributed by atoms with Crippen LogP contribution in [0.3, 0.4) is 0 Å². The van der Waals surface area contributed by atoms with Crippen LogP contribution in [0.5, 0.6) is 0 Å². The molecule has 1 aromatic carbocycles. The summed E-state index contributed by atoms with van der Waals surface area (Å²) < 4.78 is 14.8. The van der Waals surface area contributed by atoms with E-state index in [0.29, 0.717) is 30.1 Å². The van der Waals surface area contributed by atoms with E-state index >= 15 is 0 Å². The third-order valence-corrected chi connectivity index (χ3v) is 5.82. The number of imide groups is 1. The normalized spacial score (nSPS) is 25.2. The molecule has 0 bridgehead atoms. The highest BCUT2D eigenvalue weighted by Gasteiger charge is 2.35. The fourth-order valence-electron chi connectivity index (χ4n) is 4.22. The molecule has 4 rings (SSSR count). The van der Waals surface area contributed by atoms with E-state index in [9.17, 15) is 14.0 Å². The lowest BCUT2D eigenvalue weighted by atomic mass is 9.87. The van der Waals surface area contributed by atoms with Gasteiger partial charge in [0, 0.05) is 51.7 Å². The quantitative estimate of drug-likeness (QED) is 0.779. The van der Waals surface area contributed by atoms with Crippen LogP contribution in [0.4, 0.5) is 10.1 Å². The maximum atomic E-state index is 14.8. The Balaban J connectivity index is 1.47. The van der Waals surface area contributed by atoms with Crippen molar-refractivity contribution in [2.24, 2.45) is 0 Å². The first-order chi connectivity index (χ1) is 12.5. The van der Waals surface area contributed by atoms with E-state index in [1.165, 1.54) is 6.07 Å². The number of carbonyl (C=O) groups excluding carboxylic acids is 2. The highest BCUT2D eigenvalue weighted by molar-refractivity contribution is 6.01. The number of amides is 2. The largest absolute Gasteiger partial charge is 0.366 e. The van der Waals surface area contributed by atoms with Crippen LogP contribution in [0.25, 0.3) is 0 Å². The van der Waals surface area contributed by atoms with Crippen molar-refractivity contribution in [3.63, 3.8) is 0 Å². The highest BCUT2D eigenvalue weighted by Crippen LogP contribution is 2.34. The monoisotopic (exact) mass is 360 g/mol. The average molecular weight is 360 g/mol. The van der Waals surface area contributed by atoms with Crippen molar-refractivity contribution >= 4 is 17.5 Å². The molecule has 7 heteroatoms. The zero-order valence-electron chi connectivity index (χ0n) is 15.1. The van der Waals surface area contributed by atoms with E-state index in [0.717, 1.165) is 44.8 Å². The zero-order valence-corrected chi connectivity index (χ0v) is 15.1. The van der Waals surface area contributed by atoms with Crippen LogP contribution < -0.4 is 15.5 Å². The molecule has 140 valence electrons. The molecule has 2 amide bonds. The molecule has 26 heavy (non-hydrogen) atoms. The SMILES string of the molecule is Cc1cc(N2CC(N3CCNCC3)C2)c(F)cc1C1CCC(=O)NC1=O. The molecule has 0 spiro atoms. The minimum absolute atomic E-state index is 0.250. The number of halogens is 1. The molecule has 2 N–H and O–H groups in total. The van der Waals surface area contributed by atoms with Crippen LogP contribution in [-0.4, -0.2) is 62.0 Å². The van der Waals surface area contributed by atoms with Crippen molar-refractivity contribution in [2.45, 2.75) is 31.7 Å². The number of hydrogen-bond acceptors (Lipinski definition) is 5. The number of nitrogens with zero attached hydrogens (tertiary/aromatic N) is 2. The molecule has 3 saturated heterocycles. The molecule has 3 aliphatic rings. The Labute approximate surface area is 152 Å². The predicted molar refractivity (Wildman–Crippen MR) is 96.7 cm³/mol. The van der Waals surface area contributed by atoms with Crippen LogP contribution in [0.2, 0.25) is 0 Å². The molecule has 0 aliphatic carbocycles. The van der Waals surface area contributed by atoms with Gasteiger partial charge in [0.2, 0.25) is 11.8 Å². The van der Waals surface area contributed by atoms with Crippen molar-refractivity contribution in [3.05, 3.63) is 29.1 Å². The van der Waals surface area contributed by atoms with Gasteiger partial charge in [-0.3, -0.25) is 19.8 Å². The smallest absolute Gasteiger partial charge is 0.234 e. The van der Waals surface area contributed by atoms with Gasteiger partial charge in [-0.15, -0.1) is 0 Å². The lowest BCUT2D eigenvalue weighted by molar-refractivity contribution is -0.134. The van der Waals surface area contributed by atoms with Crippen molar-refractivity contribution in [3.8, 4) is 0 Å². The van der Waals surface area contributed by atoms with E-state index < -0.39 is 5.92 Å². The van der Waals surface area contributed by atoms with Gasteiger partial charge in [0.15, 0.2) is 0 Å². The number of nitrogens with one attached hydrogen (secondary N) is 2. The molecule has 1 unspecified atom stereocenters. The first kappa shape index (κ1) is 17.4. The second-order valence-corrected chi connectivity index (χ2v) is 7.51. The van der Waals surface area contributed by atoms with Crippen molar-refractivity contribution in [1.29, 1.82) is 0 Å². The summed E-state index contributed by atoms with van der Waals surface area (Å²) in [5.74, 6) is -1.30. The second kappa shape index (κ2) is 6.96. The van der Waals surface area contributed by atoms with Crippen LogP contribution in [0, 0.1) is 12.7 Å². The van der Waals surface area contributed by atoms with E-state index in [4.69, 9.17) is 0 Å². The Bertz CT molecular complexity index is 726. The fourth-order valence-corrected chi connectivity index (χ4v) is 4.22. The number of carbonyl (C=O) groups is 2. The Hall–Kier alpha value is -1.99. The van der Waals surface area contributed by atoms with Gasteiger partial charge in [-0.05, 0) is 36.6 Å². The number of aryl methyl sites for hydroxylation is 1. The number of hydrogen-bond donors (Lipinski definition) is 2. The van der Waals surface area contributed by atoms with Gasteiger partial charge in [0.1, 0.15) is 5.82 Å². The Morgan fingerprint density at radius 1 is 1.15 bits per heavy atom. The van der Waals surface area contributed by atoms with Gasteiger partial charge in [-0.2, -0.15) is 0 Å². The van der Waals surface area contributed by atoms with Crippen molar-refractivity contribution < 1.29 is 14.0 Å². The standard InChI is InChI=1S/C19H25FN4O2/c1-12-8-17(24-10-13(11-24)23-6-4-21-5-7-23)16(20)9-15(12)14-2-3-18(25)22-19(14)26/h8-9,13-14,21H,2-7,10-11H2,1H3,(H,22,25,26). The first-order valence-electron chi connectivity index (χ1n) is 9.36. The molecule has 1 atom stereocenters. The Kier molecular flexibility index (Phi) is 4.67. The molecule has 3 fully saturated rings. The molecule has 6 nitrogen and oxygen atoms in total. The van der Waals surface area contributed by atoms with E-state index in [2.05, 4.69) is 20.4 Å². The maximum absolute atomic E-state index is 14.8. The lowest BCUT2D eigenvalue weighted by Gasteiger charge is -2.48. The molecular formula is C19H25FN4O2. The maximum Gasteiger partial charge on any atom is 0.234 e. The van der Waals surface area contributed by atoms with Gasteiger partial charge in [-0.25, -0.2) is 4.39 Å². The summed E-state index contributed by atoms with van der Waals surface area (Å²) in [6.45, 7) is 7.73. The van der Waals surface area contributed by atoms with Crippen molar-refractivity contribution in [1.82, 2.24) is 15.5 Å². The summed E-state index contributed by atoms with van der Waals surface area (Å²) in [5.41, 5.74) is 2.21. The number of benzene rings is 1. The van der Waals surface area contributed by atoms with Crippen molar-refractivity contribution in [2.75, 3.05) is 44.2 Å². The van der Waals surface area contributed by atoms with Gasteiger partial charge in [-0.1, -0.05) is 0 Å². The van der Waals surface area contributed by atoms with E-state index in [-0.39, 0.29) is 17.6 Å². The summed E-state index contributed by atoms with van der Waals surface area (Å²) in [5, 5.41) is 5.71. The molecule has 0 radical (unpaired) electrons. The van der Waals surface area contributed by atoms with Crippen LogP contribution in [0.15, 0.2) is 12.1 Å². The third-order valence-electron chi connectivity index (χ3n) is 5.82. The second-order valence-electron chi connectivity index (χ2n) is 7.51. The summed E-state index contributed by atoms with van der Waals surface area (Å²) in [6, 6.07) is 3.83. The van der Waals surface area contributed by atoms with Gasteiger partial charge in [0.25, 0.3) is 0 Å². The fraction of sp³-hybridized carbons (Fsp3) is 0.579. The minimum atomic E-state index is -0.443. The highest BCUT2D eigenvalue weighted by atomic mass is 19.1. The Morgan fingerprint density at radius 2 is 1.88 bits per heavy atom. The van der Waals surface area contributed by atoms with Gasteiger partial charge >= 0.3 is 0 Å². The topological polar surface area (TPSA) is 64.7 Å². The van der Waals surface area contributed by atoms with Crippen LogP contribution in [0.1, 0.15) is 29.9 Å². The molecule has 3 aliphatic heterocycles. The summed E-state index contributed by atoms with van der Waals surface area (Å²) in [4.78, 5) is 28.0. The summed E-state index contributed by atoms with van der Waals surface area (Å²) >= 11 is 0.